The zero-order valence-electron chi connectivity index (χ0n) is 17.8. The molecule has 0 saturated heterocycles. The molecule has 6 heteroatoms. The van der Waals surface area contributed by atoms with Crippen LogP contribution in [-0.4, -0.2) is 35.1 Å². The molecular weight excluding hydrogens is 399 g/mol. The first-order chi connectivity index (χ1) is 14.5. The normalized spacial score (nSPS) is 11.7. The molecule has 0 unspecified atom stereocenters. The molecule has 0 aliphatic rings. The molecule has 0 spiro atoms. The number of carbonyl (C=O) groups is 2. The number of hydrogen-bond acceptors (Lipinski definition) is 3. The molecule has 4 nitrogen and oxygen atoms in total. The molecule has 30 heavy (non-hydrogen) atoms. The summed E-state index contributed by atoms with van der Waals surface area (Å²) in [5.74, 6) is 0.448. The number of benzene rings is 2. The summed E-state index contributed by atoms with van der Waals surface area (Å²) < 4.78 is 13.1. The van der Waals surface area contributed by atoms with Gasteiger partial charge in [0.25, 0.3) is 0 Å². The van der Waals surface area contributed by atoms with Crippen LogP contribution in [0.2, 0.25) is 0 Å². The number of unbranched alkanes of at least 4 members (excludes halogenated alkanes) is 1. The van der Waals surface area contributed by atoms with Crippen molar-refractivity contribution >= 4 is 23.6 Å². The maximum absolute atomic E-state index is 13.1. The van der Waals surface area contributed by atoms with Crippen molar-refractivity contribution in [3.63, 3.8) is 0 Å². The minimum Gasteiger partial charge on any atom is -0.354 e. The van der Waals surface area contributed by atoms with E-state index in [0.29, 0.717) is 25.3 Å². The van der Waals surface area contributed by atoms with E-state index >= 15 is 0 Å². The molecule has 162 valence electrons. The summed E-state index contributed by atoms with van der Waals surface area (Å²) in [5.41, 5.74) is 1.96. The first-order valence-corrected chi connectivity index (χ1v) is 11.6. The van der Waals surface area contributed by atoms with Gasteiger partial charge in [0.2, 0.25) is 11.8 Å². The number of amides is 2. The van der Waals surface area contributed by atoms with Crippen LogP contribution in [0.25, 0.3) is 0 Å². The monoisotopic (exact) mass is 430 g/mol. The van der Waals surface area contributed by atoms with Crippen LogP contribution in [0, 0.1) is 5.82 Å². The predicted molar refractivity (Wildman–Crippen MR) is 122 cm³/mol. The molecule has 0 bridgehead atoms. The van der Waals surface area contributed by atoms with E-state index in [1.165, 1.54) is 23.9 Å². The van der Waals surface area contributed by atoms with E-state index in [-0.39, 0.29) is 23.4 Å². The summed E-state index contributed by atoms with van der Waals surface area (Å²) in [6, 6.07) is 15.5. The van der Waals surface area contributed by atoms with E-state index in [1.807, 2.05) is 37.3 Å². The molecular formula is C24H31FN2O2S. The maximum atomic E-state index is 13.1. The van der Waals surface area contributed by atoms with Crippen molar-refractivity contribution < 1.29 is 14.0 Å². The van der Waals surface area contributed by atoms with E-state index in [4.69, 9.17) is 0 Å². The molecule has 0 radical (unpaired) electrons. The molecule has 2 aromatic carbocycles. The number of halogens is 1. The fraction of sp³-hybridized carbons (Fsp3) is 0.417. The average molecular weight is 431 g/mol. The fourth-order valence-electron chi connectivity index (χ4n) is 3.13. The number of carbonyl (C=O) groups excluding carboxylic acids is 2. The molecule has 0 aliphatic heterocycles. The molecule has 2 amide bonds. The van der Waals surface area contributed by atoms with Crippen LogP contribution in [0.15, 0.2) is 54.6 Å². The van der Waals surface area contributed by atoms with E-state index in [1.54, 1.807) is 17.0 Å². The third-order valence-corrected chi connectivity index (χ3v) is 5.81. The molecule has 0 aromatic heterocycles. The molecule has 2 aromatic rings. The summed E-state index contributed by atoms with van der Waals surface area (Å²) in [6.45, 7) is 5.03. The third kappa shape index (κ3) is 7.82. The summed E-state index contributed by atoms with van der Waals surface area (Å²) in [6.07, 6.45) is 2.48. The Kier molecular flexibility index (Phi) is 10.4. The Hall–Kier alpha value is -2.34. The Bertz CT molecular complexity index is 784. The highest BCUT2D eigenvalue weighted by atomic mass is 32.2. The number of thioether (sulfide) groups is 1. The lowest BCUT2D eigenvalue weighted by Crippen LogP contribution is -2.49. The van der Waals surface area contributed by atoms with Crippen molar-refractivity contribution in [2.24, 2.45) is 0 Å². The Morgan fingerprint density at radius 1 is 1.03 bits per heavy atom. The van der Waals surface area contributed by atoms with Crippen LogP contribution in [0.3, 0.4) is 0 Å². The van der Waals surface area contributed by atoms with Crippen molar-refractivity contribution in [3.8, 4) is 0 Å². The molecule has 1 atom stereocenters. The first-order valence-electron chi connectivity index (χ1n) is 10.5. The number of hydrogen-bond donors (Lipinski definition) is 1. The maximum Gasteiger partial charge on any atom is 0.242 e. The van der Waals surface area contributed by atoms with E-state index in [0.717, 1.165) is 24.0 Å². The highest BCUT2D eigenvalue weighted by molar-refractivity contribution is 7.99. The summed E-state index contributed by atoms with van der Waals surface area (Å²) >= 11 is 1.47. The van der Waals surface area contributed by atoms with Crippen molar-refractivity contribution in [2.75, 3.05) is 12.3 Å². The largest absolute Gasteiger partial charge is 0.354 e. The van der Waals surface area contributed by atoms with Crippen LogP contribution in [0.5, 0.6) is 0 Å². The van der Waals surface area contributed by atoms with E-state index in [2.05, 4.69) is 12.2 Å². The third-order valence-electron chi connectivity index (χ3n) is 4.82. The second-order valence-electron chi connectivity index (χ2n) is 7.20. The lowest BCUT2D eigenvalue weighted by atomic mass is 10.1. The fourth-order valence-corrected chi connectivity index (χ4v) is 4.00. The molecule has 0 fully saturated rings. The van der Waals surface area contributed by atoms with Crippen LogP contribution in [-0.2, 0) is 21.9 Å². The molecule has 2 rings (SSSR count). The standard InChI is InChI=1S/C24H31FN2O2S/c1-3-5-15-26-24(29)22(4-2)27(16-19-9-7-6-8-10-19)23(28)18-30-17-20-11-13-21(25)14-12-20/h6-14,22H,3-5,15-18H2,1-2H3,(H,26,29)/t22-/m0/s1. The second-order valence-corrected chi connectivity index (χ2v) is 8.18. The van der Waals surface area contributed by atoms with Gasteiger partial charge in [-0.15, -0.1) is 11.8 Å². The van der Waals surface area contributed by atoms with Gasteiger partial charge in [0, 0.05) is 18.8 Å². The van der Waals surface area contributed by atoms with Gasteiger partial charge in [0.05, 0.1) is 5.75 Å². The minimum absolute atomic E-state index is 0.0662. The van der Waals surface area contributed by atoms with Gasteiger partial charge in [0.1, 0.15) is 11.9 Å². The van der Waals surface area contributed by atoms with Crippen LogP contribution >= 0.6 is 11.8 Å². The zero-order valence-corrected chi connectivity index (χ0v) is 18.6. The van der Waals surface area contributed by atoms with E-state index in [9.17, 15) is 14.0 Å². The van der Waals surface area contributed by atoms with Gasteiger partial charge in [-0.3, -0.25) is 9.59 Å². The Morgan fingerprint density at radius 2 is 1.73 bits per heavy atom. The summed E-state index contributed by atoms with van der Waals surface area (Å²) in [4.78, 5) is 27.5. The van der Waals surface area contributed by atoms with E-state index < -0.39 is 6.04 Å². The lowest BCUT2D eigenvalue weighted by Gasteiger charge is -2.30. The zero-order chi connectivity index (χ0) is 21.8. The molecule has 0 saturated carbocycles. The number of nitrogens with one attached hydrogen (secondary N) is 1. The van der Waals surface area contributed by atoms with Gasteiger partial charge in [-0.1, -0.05) is 62.7 Å². The highest BCUT2D eigenvalue weighted by Crippen LogP contribution is 2.17. The van der Waals surface area contributed by atoms with Gasteiger partial charge in [-0.25, -0.2) is 4.39 Å². The Labute approximate surface area is 183 Å². The van der Waals surface area contributed by atoms with Crippen LogP contribution in [0.1, 0.15) is 44.2 Å². The SMILES string of the molecule is CCCCNC(=O)[C@H](CC)N(Cc1ccccc1)C(=O)CSCc1ccc(F)cc1. The van der Waals surface area contributed by atoms with Crippen molar-refractivity contribution in [3.05, 3.63) is 71.5 Å². The predicted octanol–water partition coefficient (Wildman–Crippen LogP) is 4.78. The molecule has 0 aliphatic carbocycles. The van der Waals surface area contributed by atoms with Gasteiger partial charge in [-0.05, 0) is 36.1 Å². The van der Waals surface area contributed by atoms with Gasteiger partial charge >= 0.3 is 0 Å². The number of nitrogens with zero attached hydrogens (tertiary/aromatic N) is 1. The second kappa shape index (κ2) is 13.1. The van der Waals surface area contributed by atoms with Crippen molar-refractivity contribution in [2.45, 2.75) is 51.4 Å². The Morgan fingerprint density at radius 3 is 2.37 bits per heavy atom. The topological polar surface area (TPSA) is 49.4 Å². The Balaban J connectivity index is 2.05. The van der Waals surface area contributed by atoms with Crippen LogP contribution in [0.4, 0.5) is 4.39 Å². The molecule has 1 N–H and O–H groups in total. The first kappa shape index (κ1) is 23.9. The average Bonchev–Trinajstić information content (AvgIpc) is 2.76. The summed E-state index contributed by atoms with van der Waals surface area (Å²) in [7, 11) is 0. The van der Waals surface area contributed by atoms with Gasteiger partial charge in [0.15, 0.2) is 0 Å². The minimum atomic E-state index is -0.499. The van der Waals surface area contributed by atoms with Gasteiger partial charge < -0.3 is 10.2 Å². The van der Waals surface area contributed by atoms with Gasteiger partial charge in [-0.2, -0.15) is 0 Å². The lowest BCUT2D eigenvalue weighted by molar-refractivity contribution is -0.139. The molecule has 0 heterocycles. The highest BCUT2D eigenvalue weighted by Gasteiger charge is 2.28. The van der Waals surface area contributed by atoms with Crippen molar-refractivity contribution in [1.29, 1.82) is 0 Å². The summed E-state index contributed by atoms with van der Waals surface area (Å²) in [5, 5.41) is 2.97. The van der Waals surface area contributed by atoms with Crippen LogP contribution < -0.4 is 5.32 Å². The van der Waals surface area contributed by atoms with Crippen molar-refractivity contribution in [1.82, 2.24) is 10.2 Å². The quantitative estimate of drug-likeness (QED) is 0.493. The number of rotatable bonds is 12. The smallest absolute Gasteiger partial charge is 0.242 e.